The lowest BCUT2D eigenvalue weighted by Gasteiger charge is -2.10. The number of aromatic nitrogens is 1. The number of carboxylic acids is 1. The number of rotatable bonds is 4. The lowest BCUT2D eigenvalue weighted by molar-refractivity contribution is -0.148. The first-order valence-electron chi connectivity index (χ1n) is 3.99. The first-order chi connectivity index (χ1) is 6.65. The van der Waals surface area contributed by atoms with E-state index in [0.29, 0.717) is 0 Å². The number of carboxylic acid groups (broad SMARTS) is 1. The van der Waals surface area contributed by atoms with Crippen molar-refractivity contribution in [3.05, 3.63) is 29.8 Å². The molecule has 76 valence electrons. The predicted molar refractivity (Wildman–Crippen MR) is 46.3 cm³/mol. The summed E-state index contributed by atoms with van der Waals surface area (Å²) in [6.07, 6.45) is 1.43. The Kier molecular flexibility index (Phi) is 3.53. The van der Waals surface area contributed by atoms with E-state index in [0.717, 1.165) is 6.20 Å². The van der Waals surface area contributed by atoms with Crippen molar-refractivity contribution in [1.82, 2.24) is 4.98 Å². The Morgan fingerprint density at radius 3 is 3.00 bits per heavy atom. The van der Waals surface area contributed by atoms with Gasteiger partial charge in [-0.3, -0.25) is 4.98 Å². The van der Waals surface area contributed by atoms with Crippen LogP contribution in [0.5, 0.6) is 0 Å². The molecule has 0 amide bonds. The molecule has 0 saturated carbocycles. The lowest BCUT2D eigenvalue weighted by Crippen LogP contribution is -2.25. The summed E-state index contributed by atoms with van der Waals surface area (Å²) >= 11 is 0. The number of carbonyl (C=O) groups is 1. The molecule has 1 rings (SSSR count). The minimum atomic E-state index is -1.11. The molecule has 0 aliphatic heterocycles. The molecule has 0 spiro atoms. The molecule has 0 aliphatic carbocycles. The average Bonchev–Trinajstić information content (AvgIpc) is 2.16. The van der Waals surface area contributed by atoms with Crippen LogP contribution in [0.1, 0.15) is 5.56 Å². The Labute approximate surface area is 80.3 Å². The highest BCUT2D eigenvalue weighted by molar-refractivity contribution is 5.72. The van der Waals surface area contributed by atoms with E-state index in [1.54, 1.807) is 0 Å². The third kappa shape index (κ3) is 2.50. The van der Waals surface area contributed by atoms with Gasteiger partial charge in [0, 0.05) is 19.7 Å². The summed E-state index contributed by atoms with van der Waals surface area (Å²) < 4.78 is 17.7. The maximum absolute atomic E-state index is 13.0. The molecule has 5 heteroatoms. The minimum Gasteiger partial charge on any atom is -0.479 e. The third-order valence-electron chi connectivity index (χ3n) is 1.82. The summed E-state index contributed by atoms with van der Waals surface area (Å²) in [6, 6.07) is 1.43. The molecule has 1 aromatic rings. The zero-order valence-electron chi connectivity index (χ0n) is 7.61. The van der Waals surface area contributed by atoms with Gasteiger partial charge < -0.3 is 9.84 Å². The van der Waals surface area contributed by atoms with Gasteiger partial charge in [0.25, 0.3) is 0 Å². The van der Waals surface area contributed by atoms with Crippen LogP contribution in [0.3, 0.4) is 0 Å². The Morgan fingerprint density at radius 2 is 2.50 bits per heavy atom. The summed E-state index contributed by atoms with van der Waals surface area (Å²) in [4.78, 5) is 14.1. The quantitative estimate of drug-likeness (QED) is 0.781. The molecular weight excluding hydrogens is 189 g/mol. The molecule has 0 aromatic carbocycles. The highest BCUT2D eigenvalue weighted by Crippen LogP contribution is 2.09. The van der Waals surface area contributed by atoms with Crippen molar-refractivity contribution >= 4 is 5.97 Å². The van der Waals surface area contributed by atoms with Crippen LogP contribution in [0, 0.1) is 5.82 Å². The molecule has 1 aromatic heterocycles. The second kappa shape index (κ2) is 4.66. The van der Waals surface area contributed by atoms with Crippen LogP contribution in [-0.2, 0) is 16.0 Å². The Hall–Kier alpha value is -1.49. The maximum Gasteiger partial charge on any atom is 0.333 e. The van der Waals surface area contributed by atoms with Crippen LogP contribution in [0.15, 0.2) is 18.5 Å². The van der Waals surface area contributed by atoms with E-state index in [2.05, 4.69) is 9.72 Å². The van der Waals surface area contributed by atoms with Gasteiger partial charge in [-0.1, -0.05) is 0 Å². The van der Waals surface area contributed by atoms with Crippen LogP contribution in [-0.4, -0.2) is 29.3 Å². The second-order valence-corrected chi connectivity index (χ2v) is 2.73. The van der Waals surface area contributed by atoms with Crippen LogP contribution in [0.4, 0.5) is 4.39 Å². The first-order valence-corrected chi connectivity index (χ1v) is 3.99. The Balaban J connectivity index is 2.77. The standard InChI is InChI=1S/C9H10FNO3/c1-14-8(9(12)13)4-6-2-3-11-5-7(6)10/h2-3,5,8H,4H2,1H3,(H,12,13). The van der Waals surface area contributed by atoms with E-state index in [1.165, 1.54) is 19.4 Å². The molecular formula is C9H10FNO3. The number of halogens is 1. The summed E-state index contributed by atoms with van der Waals surface area (Å²) in [5.41, 5.74) is 0.286. The van der Waals surface area contributed by atoms with Crippen molar-refractivity contribution in [2.45, 2.75) is 12.5 Å². The highest BCUT2D eigenvalue weighted by atomic mass is 19.1. The van der Waals surface area contributed by atoms with Gasteiger partial charge in [-0.2, -0.15) is 0 Å². The second-order valence-electron chi connectivity index (χ2n) is 2.73. The van der Waals surface area contributed by atoms with Gasteiger partial charge in [-0.05, 0) is 11.6 Å². The monoisotopic (exact) mass is 199 g/mol. The number of nitrogens with zero attached hydrogens (tertiary/aromatic N) is 1. The van der Waals surface area contributed by atoms with Crippen molar-refractivity contribution in [3.8, 4) is 0 Å². The molecule has 0 fully saturated rings. The van der Waals surface area contributed by atoms with E-state index in [1.807, 2.05) is 0 Å². The third-order valence-corrected chi connectivity index (χ3v) is 1.82. The molecule has 1 heterocycles. The summed E-state index contributed by atoms with van der Waals surface area (Å²) in [5.74, 6) is -1.63. The van der Waals surface area contributed by atoms with Gasteiger partial charge in [0.1, 0.15) is 5.82 Å². The summed E-state index contributed by atoms with van der Waals surface area (Å²) in [7, 11) is 1.28. The Morgan fingerprint density at radius 1 is 1.79 bits per heavy atom. The fraction of sp³-hybridized carbons (Fsp3) is 0.333. The van der Waals surface area contributed by atoms with Crippen LogP contribution < -0.4 is 0 Å². The van der Waals surface area contributed by atoms with E-state index < -0.39 is 17.9 Å². The van der Waals surface area contributed by atoms with E-state index in [9.17, 15) is 9.18 Å². The number of hydrogen-bond donors (Lipinski definition) is 1. The molecule has 1 unspecified atom stereocenters. The number of pyridine rings is 1. The molecule has 1 atom stereocenters. The number of hydrogen-bond acceptors (Lipinski definition) is 3. The van der Waals surface area contributed by atoms with E-state index in [-0.39, 0.29) is 12.0 Å². The zero-order chi connectivity index (χ0) is 10.6. The van der Waals surface area contributed by atoms with Crippen molar-refractivity contribution in [2.24, 2.45) is 0 Å². The van der Waals surface area contributed by atoms with Crippen molar-refractivity contribution in [2.75, 3.05) is 7.11 Å². The van der Waals surface area contributed by atoms with E-state index in [4.69, 9.17) is 5.11 Å². The van der Waals surface area contributed by atoms with Gasteiger partial charge in [-0.25, -0.2) is 9.18 Å². The SMILES string of the molecule is COC(Cc1ccncc1F)C(=O)O. The molecule has 0 bridgehead atoms. The summed E-state index contributed by atoms with van der Waals surface area (Å²) in [5, 5.41) is 8.66. The Bertz CT molecular complexity index is 330. The van der Waals surface area contributed by atoms with Crippen LogP contribution >= 0.6 is 0 Å². The summed E-state index contributed by atoms with van der Waals surface area (Å²) in [6.45, 7) is 0. The van der Waals surface area contributed by atoms with Gasteiger partial charge in [0.05, 0.1) is 6.20 Å². The maximum atomic E-state index is 13.0. The molecule has 1 N–H and O–H groups in total. The van der Waals surface area contributed by atoms with Gasteiger partial charge in [-0.15, -0.1) is 0 Å². The minimum absolute atomic E-state index is 0.000185. The average molecular weight is 199 g/mol. The van der Waals surface area contributed by atoms with Crippen molar-refractivity contribution in [3.63, 3.8) is 0 Å². The predicted octanol–water partition coefficient (Wildman–Crippen LogP) is 0.863. The molecule has 0 aliphatic rings. The molecule has 0 radical (unpaired) electrons. The molecule has 4 nitrogen and oxygen atoms in total. The molecule has 0 saturated heterocycles. The normalized spacial score (nSPS) is 12.4. The topological polar surface area (TPSA) is 59.4 Å². The van der Waals surface area contributed by atoms with Crippen molar-refractivity contribution < 1.29 is 19.0 Å². The van der Waals surface area contributed by atoms with Gasteiger partial charge in [0.15, 0.2) is 6.10 Å². The highest BCUT2D eigenvalue weighted by Gasteiger charge is 2.18. The van der Waals surface area contributed by atoms with Crippen LogP contribution in [0.25, 0.3) is 0 Å². The first kappa shape index (κ1) is 10.6. The molecule has 14 heavy (non-hydrogen) atoms. The smallest absolute Gasteiger partial charge is 0.333 e. The number of aliphatic carboxylic acids is 1. The van der Waals surface area contributed by atoms with Crippen molar-refractivity contribution in [1.29, 1.82) is 0 Å². The van der Waals surface area contributed by atoms with Crippen LogP contribution in [0.2, 0.25) is 0 Å². The fourth-order valence-corrected chi connectivity index (χ4v) is 1.04. The fourth-order valence-electron chi connectivity index (χ4n) is 1.04. The number of methoxy groups -OCH3 is 1. The largest absolute Gasteiger partial charge is 0.479 e. The number of ether oxygens (including phenoxy) is 1. The lowest BCUT2D eigenvalue weighted by atomic mass is 10.1. The van der Waals surface area contributed by atoms with E-state index >= 15 is 0 Å². The van der Waals surface area contributed by atoms with Gasteiger partial charge >= 0.3 is 5.97 Å². The zero-order valence-corrected chi connectivity index (χ0v) is 7.61. The van der Waals surface area contributed by atoms with Gasteiger partial charge in [0.2, 0.25) is 0 Å².